The van der Waals surface area contributed by atoms with Gasteiger partial charge in [-0.1, -0.05) is 29.8 Å². The number of nitrogens with zero attached hydrogens (tertiary/aromatic N) is 6. The Morgan fingerprint density at radius 2 is 1.85 bits per heavy atom. The lowest BCUT2D eigenvalue weighted by Gasteiger charge is -2.12. The third kappa shape index (κ3) is 3.97. The van der Waals surface area contributed by atoms with Crippen LogP contribution in [0.25, 0.3) is 28.0 Å². The van der Waals surface area contributed by atoms with Crippen molar-refractivity contribution in [1.82, 2.24) is 29.3 Å². The number of nitrogens with one attached hydrogen (secondary N) is 1. The number of rotatable bonds is 4. The maximum Gasteiger partial charge on any atom is 0.420 e. The summed E-state index contributed by atoms with van der Waals surface area (Å²) in [6.07, 6.45) is 0.821. The van der Waals surface area contributed by atoms with Gasteiger partial charge >= 0.3 is 6.18 Å². The Morgan fingerprint density at radius 1 is 1.06 bits per heavy atom. The molecule has 0 fully saturated rings. The zero-order valence-electron chi connectivity index (χ0n) is 16.8. The maximum atomic E-state index is 14.1. The van der Waals surface area contributed by atoms with Crippen LogP contribution in [0, 0.1) is 0 Å². The van der Waals surface area contributed by atoms with E-state index in [0.717, 1.165) is 0 Å². The van der Waals surface area contributed by atoms with Crippen LogP contribution >= 0.6 is 23.1 Å². The van der Waals surface area contributed by atoms with Gasteiger partial charge in [-0.2, -0.15) is 27.7 Å². The van der Waals surface area contributed by atoms with Crippen molar-refractivity contribution in [1.29, 1.82) is 0 Å². The number of benzene rings is 1. The molecular weight excluding hydrogens is 491 g/mol. The molecule has 8 nitrogen and oxygen atoms in total. The largest absolute Gasteiger partial charge is 0.420 e. The van der Waals surface area contributed by atoms with Gasteiger partial charge in [0, 0.05) is 17.1 Å². The van der Waals surface area contributed by atoms with Gasteiger partial charge in [-0.05, 0) is 29.7 Å². The number of carbonyl (C=O) groups is 1. The number of anilines is 1. The maximum absolute atomic E-state index is 14.1. The second-order valence-electron chi connectivity index (χ2n) is 6.91. The molecule has 0 spiro atoms. The first-order chi connectivity index (χ1) is 16.3. The van der Waals surface area contributed by atoms with Gasteiger partial charge in [0.25, 0.3) is 5.91 Å². The minimum Gasteiger partial charge on any atom is -0.320 e. The number of halogens is 4. The van der Waals surface area contributed by atoms with Crippen LogP contribution in [-0.2, 0) is 6.18 Å². The predicted octanol–water partition coefficient (Wildman–Crippen LogP) is 5.26. The average molecular weight is 502 g/mol. The van der Waals surface area contributed by atoms with E-state index in [9.17, 15) is 18.0 Å². The van der Waals surface area contributed by atoms with Gasteiger partial charge < -0.3 is 5.32 Å². The van der Waals surface area contributed by atoms with Crippen molar-refractivity contribution < 1.29 is 18.0 Å². The first kappa shape index (κ1) is 21.9. The van der Waals surface area contributed by atoms with Crippen LogP contribution in [-0.4, -0.2) is 35.2 Å². The average Bonchev–Trinajstić information content (AvgIpc) is 3.49. The molecule has 1 N–H and O–H groups in total. The molecule has 1 amide bonds. The van der Waals surface area contributed by atoms with E-state index in [-0.39, 0.29) is 27.8 Å². The Bertz CT molecular complexity index is 1510. The van der Waals surface area contributed by atoms with Crippen molar-refractivity contribution in [2.24, 2.45) is 0 Å². The summed E-state index contributed by atoms with van der Waals surface area (Å²) in [6.45, 7) is 0. The molecule has 170 valence electrons. The van der Waals surface area contributed by atoms with E-state index in [0.29, 0.717) is 22.4 Å². The number of hydrogen-bond acceptors (Lipinski definition) is 7. The lowest BCUT2D eigenvalue weighted by atomic mass is 10.0. The van der Waals surface area contributed by atoms with Crippen molar-refractivity contribution in [3.63, 3.8) is 0 Å². The van der Waals surface area contributed by atoms with Crippen LogP contribution in [0.4, 0.5) is 18.9 Å². The summed E-state index contributed by atoms with van der Waals surface area (Å²) in [5.41, 5.74) is -0.614. The molecule has 0 aliphatic carbocycles. The second-order valence-corrected chi connectivity index (χ2v) is 8.09. The van der Waals surface area contributed by atoms with Crippen LogP contribution in [0.5, 0.6) is 0 Å². The second kappa shape index (κ2) is 8.47. The van der Waals surface area contributed by atoms with Crippen molar-refractivity contribution in [2.45, 2.75) is 6.18 Å². The van der Waals surface area contributed by atoms with Crippen LogP contribution in [0.3, 0.4) is 0 Å². The minimum atomic E-state index is -4.83. The normalized spacial score (nSPS) is 11.6. The summed E-state index contributed by atoms with van der Waals surface area (Å²) in [5.74, 6) is -0.789. The van der Waals surface area contributed by atoms with Crippen molar-refractivity contribution in [3.8, 4) is 17.1 Å². The van der Waals surface area contributed by atoms with Gasteiger partial charge in [0.05, 0.1) is 40.5 Å². The fourth-order valence-electron chi connectivity index (χ4n) is 3.36. The van der Waals surface area contributed by atoms with Crippen molar-refractivity contribution >= 4 is 45.6 Å². The Labute approximate surface area is 198 Å². The number of fused-ring (bicyclic) bond motifs is 1. The SMILES string of the molecule is O=C(Nc1cnc(-n2nccn2)c(Cl)c1)c1snc(-c2cccc3ncccc23)c1C(F)(F)F. The number of carbonyl (C=O) groups excluding carboxylic acids is 1. The van der Waals surface area contributed by atoms with E-state index in [1.54, 1.807) is 30.5 Å². The van der Waals surface area contributed by atoms with Crippen LogP contribution in [0.15, 0.2) is 61.2 Å². The zero-order valence-corrected chi connectivity index (χ0v) is 18.4. The summed E-state index contributed by atoms with van der Waals surface area (Å²) in [7, 11) is 0. The Kier molecular flexibility index (Phi) is 5.46. The lowest BCUT2D eigenvalue weighted by molar-refractivity contribution is -0.137. The molecule has 5 rings (SSSR count). The van der Waals surface area contributed by atoms with Gasteiger partial charge in [0.2, 0.25) is 0 Å². The van der Waals surface area contributed by atoms with Crippen LogP contribution < -0.4 is 5.32 Å². The van der Waals surface area contributed by atoms with E-state index in [1.165, 1.54) is 35.5 Å². The first-order valence-electron chi connectivity index (χ1n) is 9.57. The van der Waals surface area contributed by atoms with E-state index in [4.69, 9.17) is 11.6 Å². The third-order valence-electron chi connectivity index (χ3n) is 4.77. The fraction of sp³-hybridized carbons (Fsp3) is 0.0476. The number of aromatic nitrogens is 6. The molecular formula is C21H11ClF3N7OS. The highest BCUT2D eigenvalue weighted by Gasteiger charge is 2.41. The lowest BCUT2D eigenvalue weighted by Crippen LogP contribution is -2.17. The highest BCUT2D eigenvalue weighted by molar-refractivity contribution is 7.08. The smallest absolute Gasteiger partial charge is 0.320 e. The Morgan fingerprint density at radius 3 is 2.59 bits per heavy atom. The third-order valence-corrected chi connectivity index (χ3v) is 5.89. The molecule has 0 aliphatic heterocycles. The number of amides is 1. The molecule has 0 unspecified atom stereocenters. The zero-order chi connectivity index (χ0) is 23.9. The van der Waals surface area contributed by atoms with E-state index >= 15 is 0 Å². The van der Waals surface area contributed by atoms with Gasteiger partial charge in [0.15, 0.2) is 5.82 Å². The van der Waals surface area contributed by atoms with Gasteiger partial charge in [-0.15, -0.1) is 4.80 Å². The molecule has 0 saturated carbocycles. The quantitative estimate of drug-likeness (QED) is 0.361. The molecule has 34 heavy (non-hydrogen) atoms. The van der Waals surface area contributed by atoms with E-state index < -0.39 is 22.5 Å². The summed E-state index contributed by atoms with van der Waals surface area (Å²) in [6, 6.07) is 9.41. The molecule has 0 saturated heterocycles. The molecule has 1 aromatic carbocycles. The van der Waals surface area contributed by atoms with Crippen molar-refractivity contribution in [3.05, 3.63) is 76.6 Å². The minimum absolute atomic E-state index is 0.0956. The summed E-state index contributed by atoms with van der Waals surface area (Å²) < 4.78 is 46.4. The van der Waals surface area contributed by atoms with E-state index in [1.807, 2.05) is 0 Å². The summed E-state index contributed by atoms with van der Waals surface area (Å²) in [4.78, 5) is 21.7. The molecule has 13 heteroatoms. The molecule has 4 heterocycles. The van der Waals surface area contributed by atoms with Crippen LogP contribution in [0.2, 0.25) is 5.02 Å². The molecule has 0 radical (unpaired) electrons. The van der Waals surface area contributed by atoms with E-state index in [2.05, 4.69) is 29.9 Å². The molecule has 0 aliphatic rings. The monoisotopic (exact) mass is 501 g/mol. The van der Waals surface area contributed by atoms with Crippen molar-refractivity contribution in [2.75, 3.05) is 5.32 Å². The predicted molar refractivity (Wildman–Crippen MR) is 120 cm³/mol. The standard InChI is InChI=1S/C21H11ClF3N7OS/c22-14-9-11(10-27-19(14)32-28-7-8-29-32)30-20(33)18-16(21(23,24)25)17(31-34-18)13-3-1-5-15-12(13)4-2-6-26-15/h1-10H,(H,30,33). The molecule has 5 aromatic rings. The molecule has 0 atom stereocenters. The van der Waals surface area contributed by atoms with Crippen LogP contribution in [0.1, 0.15) is 15.2 Å². The Balaban J connectivity index is 1.53. The van der Waals surface area contributed by atoms with Gasteiger partial charge in [-0.25, -0.2) is 4.98 Å². The Hall–Kier alpha value is -3.90. The van der Waals surface area contributed by atoms with Gasteiger partial charge in [0.1, 0.15) is 10.4 Å². The summed E-state index contributed by atoms with van der Waals surface area (Å²) in [5, 5.41) is 10.8. The molecule has 4 aromatic heterocycles. The number of pyridine rings is 2. The highest BCUT2D eigenvalue weighted by Crippen LogP contribution is 2.42. The number of alkyl halides is 3. The fourth-order valence-corrected chi connectivity index (χ4v) is 4.41. The molecule has 0 bridgehead atoms. The number of hydrogen-bond donors (Lipinski definition) is 1. The van der Waals surface area contributed by atoms with Gasteiger partial charge in [-0.3, -0.25) is 9.78 Å². The highest BCUT2D eigenvalue weighted by atomic mass is 35.5. The first-order valence-corrected chi connectivity index (χ1v) is 10.7. The summed E-state index contributed by atoms with van der Waals surface area (Å²) >= 11 is 6.64. The topological polar surface area (TPSA) is 98.5 Å².